The van der Waals surface area contributed by atoms with Crippen LogP contribution in [0, 0.1) is 0 Å². The molecule has 0 radical (unpaired) electrons. The summed E-state index contributed by atoms with van der Waals surface area (Å²) in [5, 5.41) is 16.7. The lowest BCUT2D eigenvalue weighted by Crippen LogP contribution is -2.38. The fourth-order valence-electron chi connectivity index (χ4n) is 2.65. The molecule has 0 aliphatic carbocycles. The summed E-state index contributed by atoms with van der Waals surface area (Å²) in [4.78, 5) is 4.56. The molecule has 0 spiro atoms. The molecule has 2 rings (SSSR count). The van der Waals surface area contributed by atoms with Gasteiger partial charge in [0.25, 0.3) is 0 Å². The third-order valence-corrected chi connectivity index (χ3v) is 4.12. The number of nitrogens with one attached hydrogen (secondary N) is 2. The highest BCUT2D eigenvalue weighted by atomic mass is 16.5. The summed E-state index contributed by atoms with van der Waals surface area (Å²) >= 11 is 0. The van der Waals surface area contributed by atoms with Gasteiger partial charge in [0.1, 0.15) is 11.5 Å². The van der Waals surface area contributed by atoms with Crippen LogP contribution in [0.25, 0.3) is 0 Å². The van der Waals surface area contributed by atoms with Gasteiger partial charge >= 0.3 is 0 Å². The number of aliphatic hydroxyl groups is 1. The summed E-state index contributed by atoms with van der Waals surface area (Å²) in [6, 6.07) is 17.3. The van der Waals surface area contributed by atoms with Gasteiger partial charge in [-0.05, 0) is 31.0 Å². The van der Waals surface area contributed by atoms with Gasteiger partial charge in [-0.15, -0.1) is 0 Å². The molecule has 0 bridgehead atoms. The van der Waals surface area contributed by atoms with Gasteiger partial charge in [-0.25, -0.2) is 0 Å². The SMILES string of the molecule is CCNC(=NCCCOc1cccc(OC)c1)NCCC(O)c1ccccc1. The maximum Gasteiger partial charge on any atom is 0.191 e. The smallest absolute Gasteiger partial charge is 0.191 e. The minimum atomic E-state index is -0.479. The van der Waals surface area contributed by atoms with Crippen molar-refractivity contribution in [3.05, 3.63) is 60.2 Å². The van der Waals surface area contributed by atoms with Crippen LogP contribution < -0.4 is 20.1 Å². The molecule has 2 aromatic rings. The number of nitrogens with zero attached hydrogens (tertiary/aromatic N) is 1. The number of ether oxygens (including phenoxy) is 2. The fraction of sp³-hybridized carbons (Fsp3) is 0.409. The Kier molecular flexibility index (Phi) is 9.72. The van der Waals surface area contributed by atoms with E-state index in [9.17, 15) is 5.11 Å². The molecule has 6 heteroatoms. The van der Waals surface area contributed by atoms with Gasteiger partial charge in [0, 0.05) is 32.1 Å². The molecule has 0 aliphatic rings. The van der Waals surface area contributed by atoms with Crippen LogP contribution in [-0.4, -0.2) is 44.4 Å². The molecule has 1 atom stereocenters. The Morgan fingerprint density at radius 3 is 2.61 bits per heavy atom. The zero-order chi connectivity index (χ0) is 20.0. The van der Waals surface area contributed by atoms with Gasteiger partial charge in [-0.1, -0.05) is 36.4 Å². The van der Waals surface area contributed by atoms with Crippen molar-refractivity contribution >= 4 is 5.96 Å². The fourth-order valence-corrected chi connectivity index (χ4v) is 2.65. The molecular weight excluding hydrogens is 354 g/mol. The summed E-state index contributed by atoms with van der Waals surface area (Å²) in [6.45, 7) is 4.70. The molecule has 1 unspecified atom stereocenters. The minimum absolute atomic E-state index is 0.479. The van der Waals surface area contributed by atoms with E-state index in [0.717, 1.165) is 36.0 Å². The Bertz CT molecular complexity index is 707. The molecule has 6 nitrogen and oxygen atoms in total. The Hall–Kier alpha value is -2.73. The average Bonchev–Trinajstić information content (AvgIpc) is 2.74. The molecule has 3 N–H and O–H groups in total. The summed E-state index contributed by atoms with van der Waals surface area (Å²) < 4.78 is 10.9. The van der Waals surface area contributed by atoms with Crippen LogP contribution in [-0.2, 0) is 0 Å². The van der Waals surface area contributed by atoms with E-state index in [1.165, 1.54) is 0 Å². The van der Waals surface area contributed by atoms with E-state index in [0.29, 0.717) is 26.1 Å². The van der Waals surface area contributed by atoms with Crippen molar-refractivity contribution in [1.82, 2.24) is 10.6 Å². The molecule has 0 aliphatic heterocycles. The molecule has 0 fully saturated rings. The van der Waals surface area contributed by atoms with Gasteiger partial charge < -0.3 is 25.2 Å². The highest BCUT2D eigenvalue weighted by Crippen LogP contribution is 2.18. The number of hydrogen-bond donors (Lipinski definition) is 3. The summed E-state index contributed by atoms with van der Waals surface area (Å²) in [5.41, 5.74) is 0.931. The van der Waals surface area contributed by atoms with Crippen molar-refractivity contribution < 1.29 is 14.6 Å². The molecule has 0 aromatic heterocycles. The van der Waals surface area contributed by atoms with Crippen LogP contribution in [0.15, 0.2) is 59.6 Å². The number of rotatable bonds is 11. The van der Waals surface area contributed by atoms with Gasteiger partial charge in [0.15, 0.2) is 5.96 Å². The maximum absolute atomic E-state index is 10.2. The van der Waals surface area contributed by atoms with E-state index < -0.39 is 6.10 Å². The van der Waals surface area contributed by atoms with E-state index in [-0.39, 0.29) is 0 Å². The summed E-state index contributed by atoms with van der Waals surface area (Å²) in [5.74, 6) is 2.33. The van der Waals surface area contributed by atoms with Crippen LogP contribution in [0.5, 0.6) is 11.5 Å². The monoisotopic (exact) mass is 385 g/mol. The van der Waals surface area contributed by atoms with Crippen molar-refractivity contribution in [2.75, 3.05) is 33.4 Å². The highest BCUT2D eigenvalue weighted by molar-refractivity contribution is 5.79. The van der Waals surface area contributed by atoms with Gasteiger partial charge in [0.2, 0.25) is 0 Å². The normalized spacial score (nSPS) is 12.3. The van der Waals surface area contributed by atoms with Crippen LogP contribution in [0.1, 0.15) is 31.4 Å². The second-order valence-electron chi connectivity index (χ2n) is 6.28. The standard InChI is InChI=1S/C22H31N3O3/c1-3-23-22(25-15-13-21(26)18-9-5-4-6-10-18)24-14-8-16-28-20-12-7-11-19(17-20)27-2/h4-7,9-12,17,21,26H,3,8,13-16H2,1-2H3,(H2,23,24,25). The zero-order valence-corrected chi connectivity index (χ0v) is 16.7. The quantitative estimate of drug-likeness (QED) is 0.315. The van der Waals surface area contributed by atoms with Crippen molar-refractivity contribution in [1.29, 1.82) is 0 Å². The molecule has 152 valence electrons. The van der Waals surface area contributed by atoms with Crippen molar-refractivity contribution in [3.8, 4) is 11.5 Å². The van der Waals surface area contributed by atoms with Crippen LogP contribution >= 0.6 is 0 Å². The number of hydrogen-bond acceptors (Lipinski definition) is 4. The van der Waals surface area contributed by atoms with E-state index >= 15 is 0 Å². The molecule has 0 heterocycles. The van der Waals surface area contributed by atoms with Crippen molar-refractivity contribution in [3.63, 3.8) is 0 Å². The average molecular weight is 386 g/mol. The van der Waals surface area contributed by atoms with Crippen LogP contribution in [0.3, 0.4) is 0 Å². The zero-order valence-electron chi connectivity index (χ0n) is 16.7. The predicted octanol–water partition coefficient (Wildman–Crippen LogP) is 3.14. The Balaban J connectivity index is 1.69. The van der Waals surface area contributed by atoms with Crippen LogP contribution in [0.4, 0.5) is 0 Å². The predicted molar refractivity (Wildman–Crippen MR) is 113 cm³/mol. The second kappa shape index (κ2) is 12.6. The Morgan fingerprint density at radius 1 is 1.07 bits per heavy atom. The molecule has 0 amide bonds. The van der Waals surface area contributed by atoms with Crippen molar-refractivity contribution in [2.45, 2.75) is 25.9 Å². The highest BCUT2D eigenvalue weighted by Gasteiger charge is 2.07. The molecule has 0 saturated heterocycles. The minimum Gasteiger partial charge on any atom is -0.497 e. The van der Waals surface area contributed by atoms with Crippen molar-refractivity contribution in [2.24, 2.45) is 4.99 Å². The first-order valence-corrected chi connectivity index (χ1v) is 9.75. The third kappa shape index (κ3) is 7.88. The Labute approximate surface area is 167 Å². The lowest BCUT2D eigenvalue weighted by molar-refractivity contribution is 0.168. The summed E-state index contributed by atoms with van der Waals surface area (Å²) in [7, 11) is 1.64. The van der Waals surface area contributed by atoms with Gasteiger partial charge in [-0.2, -0.15) is 0 Å². The Morgan fingerprint density at radius 2 is 1.86 bits per heavy atom. The van der Waals surface area contributed by atoms with E-state index in [2.05, 4.69) is 15.6 Å². The maximum atomic E-state index is 10.2. The van der Waals surface area contributed by atoms with E-state index in [1.54, 1.807) is 7.11 Å². The number of benzene rings is 2. The van der Waals surface area contributed by atoms with Gasteiger partial charge in [-0.3, -0.25) is 4.99 Å². The number of aliphatic hydroxyl groups excluding tert-OH is 1. The first kappa shape index (κ1) is 21.6. The number of methoxy groups -OCH3 is 1. The molecule has 28 heavy (non-hydrogen) atoms. The van der Waals surface area contributed by atoms with E-state index in [4.69, 9.17) is 9.47 Å². The first-order valence-electron chi connectivity index (χ1n) is 9.75. The first-order chi connectivity index (χ1) is 13.7. The molecular formula is C22H31N3O3. The number of aliphatic imine (C=N–C) groups is 1. The van der Waals surface area contributed by atoms with Gasteiger partial charge in [0.05, 0.1) is 19.8 Å². The lowest BCUT2D eigenvalue weighted by Gasteiger charge is -2.14. The largest absolute Gasteiger partial charge is 0.497 e. The third-order valence-electron chi connectivity index (χ3n) is 4.12. The number of guanidine groups is 1. The van der Waals surface area contributed by atoms with Crippen LogP contribution in [0.2, 0.25) is 0 Å². The topological polar surface area (TPSA) is 75.1 Å². The molecule has 0 saturated carbocycles. The molecule has 2 aromatic carbocycles. The summed E-state index contributed by atoms with van der Waals surface area (Å²) in [6.07, 6.45) is 0.946. The second-order valence-corrected chi connectivity index (χ2v) is 6.28. The lowest BCUT2D eigenvalue weighted by atomic mass is 10.1. The van der Waals surface area contributed by atoms with E-state index in [1.807, 2.05) is 61.5 Å².